The van der Waals surface area contributed by atoms with Gasteiger partial charge in [-0.15, -0.1) is 0 Å². The number of quaternary nitrogens is 1. The predicted octanol–water partition coefficient (Wildman–Crippen LogP) is 13.1. The van der Waals surface area contributed by atoms with Gasteiger partial charge in [0, 0.05) is 12.8 Å². The molecule has 0 aromatic rings. The zero-order chi connectivity index (χ0) is 41.4. The Kier molecular flexibility index (Phi) is 37.9. The normalized spacial score (nSPS) is 13.8. The zero-order valence-electron chi connectivity index (χ0n) is 37.1. The van der Waals surface area contributed by atoms with Crippen molar-refractivity contribution in [1.82, 2.24) is 0 Å². The smallest absolute Gasteiger partial charge is 0.462 e. The van der Waals surface area contributed by atoms with E-state index in [1.54, 1.807) is 0 Å². The molecule has 2 atom stereocenters. The highest BCUT2D eigenvalue weighted by atomic mass is 31.2. The molecule has 10 heteroatoms. The largest absolute Gasteiger partial charge is 0.472 e. The number of allylic oxidation sites excluding steroid dienone is 4. The molecule has 0 rings (SSSR count). The van der Waals surface area contributed by atoms with Crippen LogP contribution in [0.2, 0.25) is 0 Å². The first-order chi connectivity index (χ1) is 27.0. The van der Waals surface area contributed by atoms with E-state index >= 15 is 0 Å². The maximum absolute atomic E-state index is 12.7. The fraction of sp³-hybridized carbons (Fsp3) is 0.870. The van der Waals surface area contributed by atoms with Crippen LogP contribution < -0.4 is 0 Å². The molecule has 1 unspecified atom stereocenters. The number of unbranched alkanes of at least 4 members (excludes halogenated alkanes) is 24. The molecule has 0 aromatic carbocycles. The van der Waals surface area contributed by atoms with Gasteiger partial charge in [-0.05, 0) is 38.5 Å². The second-order valence-corrected chi connectivity index (χ2v) is 18.2. The lowest BCUT2D eigenvalue weighted by atomic mass is 10.0. The molecule has 0 spiro atoms. The number of hydrogen-bond acceptors (Lipinski definition) is 7. The lowest BCUT2D eigenvalue weighted by molar-refractivity contribution is -0.870. The first-order valence-corrected chi connectivity index (χ1v) is 24.6. The molecule has 0 saturated heterocycles. The van der Waals surface area contributed by atoms with Crippen molar-refractivity contribution in [3.05, 3.63) is 24.3 Å². The highest BCUT2D eigenvalue weighted by molar-refractivity contribution is 7.47. The van der Waals surface area contributed by atoms with E-state index in [-0.39, 0.29) is 32.0 Å². The molecule has 0 fully saturated rings. The van der Waals surface area contributed by atoms with Gasteiger partial charge in [-0.1, -0.05) is 179 Å². The fourth-order valence-corrected chi connectivity index (χ4v) is 7.09. The number of nitrogens with zero attached hydrogens (tertiary/aromatic N) is 1. The van der Waals surface area contributed by atoms with Crippen LogP contribution in [0.5, 0.6) is 0 Å². The Morgan fingerprint density at radius 2 is 0.982 bits per heavy atom. The van der Waals surface area contributed by atoms with E-state index in [9.17, 15) is 19.0 Å². The third-order valence-corrected chi connectivity index (χ3v) is 11.0. The van der Waals surface area contributed by atoms with E-state index < -0.39 is 26.5 Å². The SMILES string of the molecule is CCCCCCCCCCC/C=C\C/C=C\CCCC(=O)O[C@H](COC(=O)CCCCCCCCCCCCCCCCC)COP(=O)(O)OCC[N+](C)(C)C. The molecule has 0 heterocycles. The minimum atomic E-state index is -4.38. The Morgan fingerprint density at radius 3 is 1.46 bits per heavy atom. The minimum absolute atomic E-state index is 0.0264. The monoisotopic (exact) mass is 815 g/mol. The maximum atomic E-state index is 12.7. The van der Waals surface area contributed by atoms with Crippen LogP contribution in [-0.4, -0.2) is 74.9 Å². The molecular formula is C46H89NO8P+. The first-order valence-electron chi connectivity index (χ1n) is 23.1. The van der Waals surface area contributed by atoms with E-state index in [1.165, 1.54) is 135 Å². The van der Waals surface area contributed by atoms with Gasteiger partial charge in [0.1, 0.15) is 19.8 Å². The van der Waals surface area contributed by atoms with Crippen LogP contribution in [0.25, 0.3) is 0 Å². The van der Waals surface area contributed by atoms with Gasteiger partial charge in [-0.25, -0.2) is 4.57 Å². The molecular weight excluding hydrogens is 725 g/mol. The molecule has 56 heavy (non-hydrogen) atoms. The molecule has 0 aliphatic rings. The molecule has 0 aromatic heterocycles. The summed E-state index contributed by atoms with van der Waals surface area (Å²) < 4.78 is 34.3. The summed E-state index contributed by atoms with van der Waals surface area (Å²) in [5.41, 5.74) is 0. The maximum Gasteiger partial charge on any atom is 0.472 e. The molecule has 0 radical (unpaired) electrons. The van der Waals surface area contributed by atoms with Gasteiger partial charge in [0.05, 0.1) is 27.7 Å². The van der Waals surface area contributed by atoms with E-state index in [0.29, 0.717) is 17.4 Å². The van der Waals surface area contributed by atoms with Crippen LogP contribution >= 0.6 is 7.82 Å². The van der Waals surface area contributed by atoms with Crippen LogP contribution in [-0.2, 0) is 32.7 Å². The van der Waals surface area contributed by atoms with Gasteiger partial charge in [0.15, 0.2) is 6.10 Å². The second-order valence-electron chi connectivity index (χ2n) is 16.8. The Labute approximate surface area is 345 Å². The van der Waals surface area contributed by atoms with Gasteiger partial charge in [0.25, 0.3) is 0 Å². The van der Waals surface area contributed by atoms with Gasteiger partial charge in [-0.2, -0.15) is 0 Å². The molecule has 0 bridgehead atoms. The minimum Gasteiger partial charge on any atom is -0.462 e. The van der Waals surface area contributed by atoms with E-state index in [4.69, 9.17) is 18.5 Å². The van der Waals surface area contributed by atoms with Gasteiger partial charge in [-0.3, -0.25) is 18.6 Å². The van der Waals surface area contributed by atoms with Gasteiger partial charge >= 0.3 is 19.8 Å². The quantitative estimate of drug-likeness (QED) is 0.0213. The molecule has 9 nitrogen and oxygen atoms in total. The van der Waals surface area contributed by atoms with Gasteiger partial charge in [0.2, 0.25) is 0 Å². The number of phosphoric ester groups is 1. The summed E-state index contributed by atoms with van der Waals surface area (Å²) >= 11 is 0. The van der Waals surface area contributed by atoms with Crippen LogP contribution in [0.4, 0.5) is 0 Å². The Bertz CT molecular complexity index is 1010. The molecule has 330 valence electrons. The van der Waals surface area contributed by atoms with Crippen molar-refractivity contribution in [2.45, 2.75) is 213 Å². The summed E-state index contributed by atoms with van der Waals surface area (Å²) in [5.74, 6) is -0.843. The summed E-state index contributed by atoms with van der Waals surface area (Å²) in [6.45, 7) is 4.40. The molecule has 0 aliphatic heterocycles. The number of carbonyl (C=O) groups is 2. The standard InChI is InChI=1S/C46H88NO8P/c1-6-8-10-12-14-16-18-20-22-23-25-27-29-31-33-35-37-39-46(49)55-44(43-54-56(50,51)53-41-40-47(3,4)5)42-52-45(48)38-36-34-32-30-28-26-24-21-19-17-15-13-11-9-7-2/h25,27,31,33,44H,6-24,26,28-30,32,34-43H2,1-5H3/p+1/b27-25-,33-31-/t44-/m1/s1. The summed E-state index contributed by atoms with van der Waals surface area (Å²) in [6.07, 6.45) is 42.3. The summed E-state index contributed by atoms with van der Waals surface area (Å²) in [7, 11) is 1.46. The highest BCUT2D eigenvalue weighted by Crippen LogP contribution is 2.43. The Morgan fingerprint density at radius 1 is 0.554 bits per heavy atom. The summed E-state index contributed by atoms with van der Waals surface area (Å²) in [6, 6.07) is 0. The lowest BCUT2D eigenvalue weighted by Crippen LogP contribution is -2.37. The van der Waals surface area contributed by atoms with Crippen molar-refractivity contribution in [3.63, 3.8) is 0 Å². The number of esters is 2. The van der Waals surface area contributed by atoms with Crippen LogP contribution in [0.15, 0.2) is 24.3 Å². The number of hydrogen-bond donors (Lipinski definition) is 1. The number of likely N-dealkylation sites (N-methyl/N-ethyl adjacent to an activating group) is 1. The first kappa shape index (κ1) is 54.5. The molecule has 0 saturated carbocycles. The van der Waals surface area contributed by atoms with Crippen molar-refractivity contribution in [2.75, 3.05) is 47.5 Å². The molecule has 0 aliphatic carbocycles. The van der Waals surface area contributed by atoms with Crippen LogP contribution in [0, 0.1) is 0 Å². The second kappa shape index (κ2) is 39.0. The van der Waals surface area contributed by atoms with Crippen LogP contribution in [0.3, 0.4) is 0 Å². The predicted molar refractivity (Wildman–Crippen MR) is 234 cm³/mol. The van der Waals surface area contributed by atoms with E-state index in [2.05, 4.69) is 38.2 Å². The Balaban J connectivity index is 4.38. The Hall–Kier alpha value is -1.51. The molecule has 0 amide bonds. The average molecular weight is 815 g/mol. The van der Waals surface area contributed by atoms with E-state index in [1.807, 2.05) is 21.1 Å². The number of rotatable bonds is 42. The number of phosphoric acid groups is 1. The van der Waals surface area contributed by atoms with E-state index in [0.717, 1.165) is 38.5 Å². The summed E-state index contributed by atoms with van der Waals surface area (Å²) in [4.78, 5) is 35.4. The van der Waals surface area contributed by atoms with Crippen molar-refractivity contribution >= 4 is 19.8 Å². The number of carbonyl (C=O) groups excluding carboxylic acids is 2. The van der Waals surface area contributed by atoms with Crippen molar-refractivity contribution in [3.8, 4) is 0 Å². The van der Waals surface area contributed by atoms with Crippen molar-refractivity contribution in [2.24, 2.45) is 0 Å². The molecule has 1 N–H and O–H groups in total. The highest BCUT2D eigenvalue weighted by Gasteiger charge is 2.27. The zero-order valence-corrected chi connectivity index (χ0v) is 38.0. The van der Waals surface area contributed by atoms with Gasteiger partial charge < -0.3 is 18.9 Å². The number of ether oxygens (including phenoxy) is 2. The lowest BCUT2D eigenvalue weighted by Gasteiger charge is -2.24. The third-order valence-electron chi connectivity index (χ3n) is 9.98. The third kappa shape index (κ3) is 42.1. The topological polar surface area (TPSA) is 108 Å². The van der Waals surface area contributed by atoms with Crippen LogP contribution in [0.1, 0.15) is 206 Å². The van der Waals surface area contributed by atoms with Crippen molar-refractivity contribution in [1.29, 1.82) is 0 Å². The fourth-order valence-electron chi connectivity index (χ4n) is 6.35. The summed E-state index contributed by atoms with van der Waals surface area (Å²) in [5, 5.41) is 0. The van der Waals surface area contributed by atoms with Crippen molar-refractivity contribution < 1.29 is 42.1 Å². The average Bonchev–Trinajstić information content (AvgIpc) is 3.15.